The Labute approximate surface area is 122 Å². The molecule has 0 fully saturated rings. The highest BCUT2D eigenvalue weighted by atomic mass is 16.5. The van der Waals surface area contributed by atoms with Gasteiger partial charge in [0.05, 0.1) is 19.0 Å². The van der Waals surface area contributed by atoms with Crippen LogP contribution in [0, 0.1) is 0 Å². The third-order valence-corrected chi connectivity index (χ3v) is 3.24. The number of methoxy groups -OCH3 is 1. The third-order valence-electron chi connectivity index (χ3n) is 3.24. The number of ether oxygens (including phenoxy) is 1. The predicted molar refractivity (Wildman–Crippen MR) is 82.7 cm³/mol. The van der Waals surface area contributed by atoms with Gasteiger partial charge in [-0.1, -0.05) is 36.4 Å². The molecule has 0 aliphatic heterocycles. The first-order chi connectivity index (χ1) is 10.3. The van der Waals surface area contributed by atoms with Gasteiger partial charge in [-0.3, -0.25) is 4.79 Å². The summed E-state index contributed by atoms with van der Waals surface area (Å²) in [7, 11) is 1.55. The number of benzene rings is 2. The Morgan fingerprint density at radius 3 is 2.62 bits per heavy atom. The zero-order valence-corrected chi connectivity index (χ0v) is 11.5. The summed E-state index contributed by atoms with van der Waals surface area (Å²) < 4.78 is 4.99. The number of fused-ring (bicyclic) bond motifs is 1. The first-order valence-electron chi connectivity index (χ1n) is 6.57. The lowest BCUT2D eigenvalue weighted by molar-refractivity contribution is 0.102. The fourth-order valence-electron chi connectivity index (χ4n) is 2.20. The maximum Gasteiger partial charge on any atom is 0.256 e. The zero-order chi connectivity index (χ0) is 14.7. The molecule has 0 unspecified atom stereocenters. The molecule has 21 heavy (non-hydrogen) atoms. The maximum absolute atomic E-state index is 12.4. The van der Waals surface area contributed by atoms with E-state index < -0.39 is 0 Å². The molecule has 2 aromatic carbocycles. The SMILES string of the molecule is COc1ccc(NC(=O)c2cccc3ccccc23)cn1. The molecule has 1 heterocycles. The van der Waals surface area contributed by atoms with E-state index in [-0.39, 0.29) is 5.91 Å². The minimum atomic E-state index is -0.154. The van der Waals surface area contributed by atoms with Crippen molar-refractivity contribution in [2.24, 2.45) is 0 Å². The highest BCUT2D eigenvalue weighted by Crippen LogP contribution is 2.20. The smallest absolute Gasteiger partial charge is 0.256 e. The number of amides is 1. The fourth-order valence-corrected chi connectivity index (χ4v) is 2.20. The van der Waals surface area contributed by atoms with Crippen LogP contribution in [0.5, 0.6) is 5.88 Å². The lowest BCUT2D eigenvalue weighted by atomic mass is 10.0. The molecule has 1 aromatic heterocycles. The highest BCUT2D eigenvalue weighted by molar-refractivity contribution is 6.12. The third kappa shape index (κ3) is 2.69. The van der Waals surface area contributed by atoms with Crippen molar-refractivity contribution in [2.75, 3.05) is 12.4 Å². The summed E-state index contributed by atoms with van der Waals surface area (Å²) in [4.78, 5) is 16.5. The van der Waals surface area contributed by atoms with Gasteiger partial charge in [0.2, 0.25) is 5.88 Å². The van der Waals surface area contributed by atoms with Crippen LogP contribution in [0.25, 0.3) is 10.8 Å². The number of nitrogens with one attached hydrogen (secondary N) is 1. The van der Waals surface area contributed by atoms with E-state index in [2.05, 4.69) is 10.3 Å². The molecular formula is C17H14N2O2. The Bertz CT molecular complexity index is 777. The van der Waals surface area contributed by atoms with Gasteiger partial charge in [-0.05, 0) is 22.9 Å². The van der Waals surface area contributed by atoms with Gasteiger partial charge in [-0.2, -0.15) is 0 Å². The van der Waals surface area contributed by atoms with Gasteiger partial charge in [-0.25, -0.2) is 4.98 Å². The van der Waals surface area contributed by atoms with Crippen LogP contribution in [0.1, 0.15) is 10.4 Å². The Hall–Kier alpha value is -2.88. The van der Waals surface area contributed by atoms with Crippen LogP contribution in [-0.2, 0) is 0 Å². The second-order valence-corrected chi connectivity index (χ2v) is 4.57. The Kier molecular flexibility index (Phi) is 3.51. The quantitative estimate of drug-likeness (QED) is 0.797. The Morgan fingerprint density at radius 2 is 1.86 bits per heavy atom. The second-order valence-electron chi connectivity index (χ2n) is 4.57. The van der Waals surface area contributed by atoms with Crippen LogP contribution in [0.3, 0.4) is 0 Å². The van der Waals surface area contributed by atoms with E-state index in [1.54, 1.807) is 25.4 Å². The molecule has 1 amide bonds. The van der Waals surface area contributed by atoms with Crippen molar-refractivity contribution in [3.05, 3.63) is 66.4 Å². The average molecular weight is 278 g/mol. The zero-order valence-electron chi connectivity index (χ0n) is 11.5. The van der Waals surface area contributed by atoms with Crippen LogP contribution in [0.15, 0.2) is 60.8 Å². The number of nitrogens with zero attached hydrogens (tertiary/aromatic N) is 1. The molecule has 3 aromatic rings. The van der Waals surface area contributed by atoms with Crippen molar-refractivity contribution in [1.29, 1.82) is 0 Å². The molecule has 0 atom stereocenters. The van der Waals surface area contributed by atoms with Crippen molar-refractivity contribution in [2.45, 2.75) is 0 Å². The molecule has 4 heteroatoms. The highest BCUT2D eigenvalue weighted by Gasteiger charge is 2.10. The lowest BCUT2D eigenvalue weighted by Crippen LogP contribution is -2.12. The van der Waals surface area contributed by atoms with Crippen LogP contribution < -0.4 is 10.1 Å². The summed E-state index contributed by atoms with van der Waals surface area (Å²) in [6.45, 7) is 0. The molecule has 0 bridgehead atoms. The van der Waals surface area contributed by atoms with Crippen LogP contribution in [0.4, 0.5) is 5.69 Å². The number of hydrogen-bond acceptors (Lipinski definition) is 3. The molecule has 0 aliphatic carbocycles. The van der Waals surface area contributed by atoms with E-state index in [0.717, 1.165) is 10.8 Å². The van der Waals surface area contributed by atoms with E-state index in [0.29, 0.717) is 17.1 Å². The van der Waals surface area contributed by atoms with Crippen molar-refractivity contribution in [1.82, 2.24) is 4.98 Å². The number of anilines is 1. The summed E-state index contributed by atoms with van der Waals surface area (Å²) >= 11 is 0. The monoisotopic (exact) mass is 278 g/mol. The Morgan fingerprint density at radius 1 is 1.05 bits per heavy atom. The van der Waals surface area contributed by atoms with Crippen molar-refractivity contribution >= 4 is 22.4 Å². The number of carbonyl (C=O) groups excluding carboxylic acids is 1. The molecule has 0 aliphatic rings. The van der Waals surface area contributed by atoms with Crippen molar-refractivity contribution < 1.29 is 9.53 Å². The first kappa shape index (κ1) is 13.1. The molecule has 4 nitrogen and oxygen atoms in total. The van der Waals surface area contributed by atoms with E-state index in [9.17, 15) is 4.79 Å². The van der Waals surface area contributed by atoms with Crippen LogP contribution in [0.2, 0.25) is 0 Å². The fraction of sp³-hybridized carbons (Fsp3) is 0.0588. The normalized spacial score (nSPS) is 10.3. The Balaban J connectivity index is 1.90. The molecule has 0 saturated carbocycles. The topological polar surface area (TPSA) is 51.2 Å². The largest absolute Gasteiger partial charge is 0.481 e. The first-order valence-corrected chi connectivity index (χ1v) is 6.57. The maximum atomic E-state index is 12.4. The molecule has 0 saturated heterocycles. The standard InChI is InChI=1S/C17H14N2O2/c1-21-16-10-9-13(11-18-16)19-17(20)15-8-4-6-12-5-2-3-7-14(12)15/h2-11H,1H3,(H,19,20). The predicted octanol–water partition coefficient (Wildman–Crippen LogP) is 3.50. The van der Waals surface area contributed by atoms with Crippen LogP contribution >= 0.6 is 0 Å². The van der Waals surface area contributed by atoms with E-state index in [1.807, 2.05) is 42.5 Å². The summed E-state index contributed by atoms with van der Waals surface area (Å²) in [5.41, 5.74) is 1.28. The molecule has 3 rings (SSSR count). The molecule has 1 N–H and O–H groups in total. The van der Waals surface area contributed by atoms with E-state index >= 15 is 0 Å². The van der Waals surface area contributed by atoms with Crippen LogP contribution in [-0.4, -0.2) is 18.0 Å². The molecule has 104 valence electrons. The summed E-state index contributed by atoms with van der Waals surface area (Å²) in [6.07, 6.45) is 1.57. The second kappa shape index (κ2) is 5.63. The number of pyridine rings is 1. The van der Waals surface area contributed by atoms with Crippen molar-refractivity contribution in [3.63, 3.8) is 0 Å². The van der Waals surface area contributed by atoms with E-state index in [4.69, 9.17) is 4.74 Å². The van der Waals surface area contributed by atoms with Crippen molar-refractivity contribution in [3.8, 4) is 5.88 Å². The molecular weight excluding hydrogens is 264 g/mol. The summed E-state index contributed by atoms with van der Waals surface area (Å²) in [5.74, 6) is 0.358. The van der Waals surface area contributed by atoms with E-state index in [1.165, 1.54) is 0 Å². The minimum Gasteiger partial charge on any atom is -0.481 e. The number of rotatable bonds is 3. The van der Waals surface area contributed by atoms with Gasteiger partial charge in [0.1, 0.15) is 0 Å². The summed E-state index contributed by atoms with van der Waals surface area (Å²) in [5, 5.41) is 4.81. The average Bonchev–Trinajstić information content (AvgIpc) is 2.55. The summed E-state index contributed by atoms with van der Waals surface area (Å²) in [6, 6.07) is 17.0. The van der Waals surface area contributed by atoms with Gasteiger partial charge in [0, 0.05) is 11.6 Å². The van der Waals surface area contributed by atoms with Gasteiger partial charge in [0.25, 0.3) is 5.91 Å². The van der Waals surface area contributed by atoms with Gasteiger partial charge in [0.15, 0.2) is 0 Å². The van der Waals surface area contributed by atoms with Gasteiger partial charge < -0.3 is 10.1 Å². The number of hydrogen-bond donors (Lipinski definition) is 1. The number of aromatic nitrogens is 1. The minimum absolute atomic E-state index is 0.154. The van der Waals surface area contributed by atoms with Gasteiger partial charge in [-0.15, -0.1) is 0 Å². The molecule has 0 radical (unpaired) electrons. The lowest BCUT2D eigenvalue weighted by Gasteiger charge is -2.08. The number of carbonyl (C=O) groups is 1. The molecule has 0 spiro atoms. The van der Waals surface area contributed by atoms with Gasteiger partial charge >= 0.3 is 0 Å².